The molecule has 1 fully saturated rings. The molecule has 0 amide bonds. The normalized spacial score (nSPS) is 17.7. The molecule has 2 nitrogen and oxygen atoms in total. The molecule has 3 heteroatoms. The molecule has 98 valence electrons. The van der Waals surface area contributed by atoms with Crippen LogP contribution in [0.2, 0.25) is 0 Å². The van der Waals surface area contributed by atoms with E-state index in [4.69, 9.17) is 0 Å². The maximum atomic E-state index is 12.9. The van der Waals surface area contributed by atoms with E-state index >= 15 is 0 Å². The molecule has 18 heavy (non-hydrogen) atoms. The first-order chi connectivity index (χ1) is 8.65. The van der Waals surface area contributed by atoms with Crippen LogP contribution in [0.15, 0.2) is 24.3 Å². The Labute approximate surface area is 108 Å². The number of carbonyl (C=O) groups excluding carboxylic acids is 1. The third-order valence-electron chi connectivity index (χ3n) is 3.67. The molecule has 1 aliphatic carbocycles. The molecule has 1 aliphatic rings. The van der Waals surface area contributed by atoms with Crippen LogP contribution < -0.4 is 5.32 Å². The Morgan fingerprint density at radius 1 is 1.33 bits per heavy atom. The van der Waals surface area contributed by atoms with Gasteiger partial charge in [0.15, 0.2) is 0 Å². The second-order valence-electron chi connectivity index (χ2n) is 5.21. The van der Waals surface area contributed by atoms with Crippen LogP contribution in [0.5, 0.6) is 0 Å². The third kappa shape index (κ3) is 3.56. The van der Waals surface area contributed by atoms with Gasteiger partial charge in [-0.3, -0.25) is 4.79 Å². The van der Waals surface area contributed by atoms with Gasteiger partial charge in [-0.25, -0.2) is 4.39 Å². The minimum atomic E-state index is -0.232. The summed E-state index contributed by atoms with van der Waals surface area (Å²) in [7, 11) is 0. The average Bonchev–Trinajstić information content (AvgIpc) is 2.84. The topological polar surface area (TPSA) is 29.1 Å². The largest absolute Gasteiger partial charge is 0.382 e. The molecule has 0 saturated heterocycles. The lowest BCUT2D eigenvalue weighted by atomic mass is 9.93. The second kappa shape index (κ2) is 5.98. The van der Waals surface area contributed by atoms with Crippen molar-refractivity contribution in [2.45, 2.75) is 45.1 Å². The standard InChI is InChI=1S/C15H20FNO/c1-11(18)10-15(12-4-2-3-5-12)17-14-8-6-13(16)7-9-14/h6-9,12,15,17H,2-5,10H2,1H3/t15-/m0/s1. The van der Waals surface area contributed by atoms with Crippen molar-refractivity contribution in [3.8, 4) is 0 Å². The van der Waals surface area contributed by atoms with Gasteiger partial charge in [0, 0.05) is 18.2 Å². The van der Waals surface area contributed by atoms with Crippen molar-refractivity contribution in [2.75, 3.05) is 5.32 Å². The summed E-state index contributed by atoms with van der Waals surface area (Å²) < 4.78 is 12.9. The van der Waals surface area contributed by atoms with Gasteiger partial charge in [-0.2, -0.15) is 0 Å². The second-order valence-corrected chi connectivity index (χ2v) is 5.21. The van der Waals surface area contributed by atoms with Crippen molar-refractivity contribution >= 4 is 11.5 Å². The zero-order chi connectivity index (χ0) is 13.0. The van der Waals surface area contributed by atoms with Gasteiger partial charge in [0.2, 0.25) is 0 Å². The molecular weight excluding hydrogens is 229 g/mol. The maximum absolute atomic E-state index is 12.9. The number of nitrogens with one attached hydrogen (secondary N) is 1. The van der Waals surface area contributed by atoms with Crippen molar-refractivity contribution in [2.24, 2.45) is 5.92 Å². The minimum Gasteiger partial charge on any atom is -0.382 e. The fraction of sp³-hybridized carbons (Fsp3) is 0.533. The van der Waals surface area contributed by atoms with Crippen molar-refractivity contribution in [3.05, 3.63) is 30.1 Å². The molecule has 0 radical (unpaired) electrons. The van der Waals surface area contributed by atoms with Gasteiger partial charge in [-0.1, -0.05) is 12.8 Å². The number of rotatable bonds is 5. The Morgan fingerprint density at radius 2 is 1.94 bits per heavy atom. The number of hydrogen-bond acceptors (Lipinski definition) is 2. The predicted molar refractivity (Wildman–Crippen MR) is 71.1 cm³/mol. The van der Waals surface area contributed by atoms with E-state index in [-0.39, 0.29) is 17.6 Å². The van der Waals surface area contributed by atoms with Gasteiger partial charge < -0.3 is 5.32 Å². The SMILES string of the molecule is CC(=O)C[C@H](Nc1ccc(F)cc1)C1CCCC1. The van der Waals surface area contributed by atoms with E-state index in [0.717, 1.165) is 5.69 Å². The highest BCUT2D eigenvalue weighted by atomic mass is 19.1. The maximum Gasteiger partial charge on any atom is 0.131 e. The Kier molecular flexibility index (Phi) is 4.34. The lowest BCUT2D eigenvalue weighted by Crippen LogP contribution is -2.29. The fourth-order valence-corrected chi connectivity index (χ4v) is 2.77. The number of ketones is 1. The Hall–Kier alpha value is -1.38. The number of anilines is 1. The molecule has 1 atom stereocenters. The fourth-order valence-electron chi connectivity index (χ4n) is 2.77. The van der Waals surface area contributed by atoms with Gasteiger partial charge in [0.1, 0.15) is 11.6 Å². The van der Waals surface area contributed by atoms with Crippen molar-refractivity contribution in [1.29, 1.82) is 0 Å². The summed E-state index contributed by atoms with van der Waals surface area (Å²) in [6.07, 6.45) is 5.44. The summed E-state index contributed by atoms with van der Waals surface area (Å²) in [4.78, 5) is 11.4. The number of hydrogen-bond donors (Lipinski definition) is 1. The molecule has 0 spiro atoms. The Morgan fingerprint density at radius 3 is 2.50 bits per heavy atom. The quantitative estimate of drug-likeness (QED) is 0.860. The summed E-state index contributed by atoms with van der Waals surface area (Å²) in [6, 6.07) is 6.55. The predicted octanol–water partition coefficient (Wildman–Crippen LogP) is 3.78. The van der Waals surface area contributed by atoms with E-state index < -0.39 is 0 Å². The van der Waals surface area contributed by atoms with E-state index in [9.17, 15) is 9.18 Å². The molecule has 0 heterocycles. The van der Waals surface area contributed by atoms with Crippen LogP contribution >= 0.6 is 0 Å². The van der Waals surface area contributed by atoms with E-state index in [1.165, 1.54) is 37.8 Å². The number of carbonyl (C=O) groups is 1. The van der Waals surface area contributed by atoms with Crippen LogP contribution in [0, 0.1) is 11.7 Å². The van der Waals surface area contributed by atoms with Crippen LogP contribution in [0.4, 0.5) is 10.1 Å². The van der Waals surface area contributed by atoms with E-state index in [1.807, 2.05) is 0 Å². The highest BCUT2D eigenvalue weighted by Gasteiger charge is 2.25. The Bertz CT molecular complexity index is 395. The van der Waals surface area contributed by atoms with Gasteiger partial charge in [-0.15, -0.1) is 0 Å². The van der Waals surface area contributed by atoms with Crippen molar-refractivity contribution < 1.29 is 9.18 Å². The highest BCUT2D eigenvalue weighted by Crippen LogP contribution is 2.31. The van der Waals surface area contributed by atoms with Crippen LogP contribution in [0.25, 0.3) is 0 Å². The summed E-state index contributed by atoms with van der Waals surface area (Å²) in [5.74, 6) is 0.546. The van der Waals surface area contributed by atoms with E-state index in [2.05, 4.69) is 5.32 Å². The molecule has 0 unspecified atom stereocenters. The van der Waals surface area contributed by atoms with E-state index in [0.29, 0.717) is 12.3 Å². The molecule has 1 N–H and O–H groups in total. The first-order valence-corrected chi connectivity index (χ1v) is 6.66. The van der Waals surface area contributed by atoms with Crippen LogP contribution in [-0.2, 0) is 4.79 Å². The first-order valence-electron chi connectivity index (χ1n) is 6.66. The monoisotopic (exact) mass is 249 g/mol. The van der Waals surface area contributed by atoms with Crippen LogP contribution in [0.3, 0.4) is 0 Å². The molecule has 1 aromatic rings. The Balaban J connectivity index is 2.03. The zero-order valence-corrected chi connectivity index (χ0v) is 10.8. The van der Waals surface area contributed by atoms with Gasteiger partial charge in [-0.05, 0) is 49.9 Å². The minimum absolute atomic E-state index is 0.190. The van der Waals surface area contributed by atoms with E-state index in [1.54, 1.807) is 19.1 Å². The van der Waals surface area contributed by atoms with Crippen molar-refractivity contribution in [3.63, 3.8) is 0 Å². The smallest absolute Gasteiger partial charge is 0.131 e. The molecule has 0 bridgehead atoms. The lowest BCUT2D eigenvalue weighted by Gasteiger charge is -2.25. The molecule has 1 aromatic carbocycles. The molecule has 0 aromatic heterocycles. The van der Waals surface area contributed by atoms with Gasteiger partial charge in [0.25, 0.3) is 0 Å². The number of halogens is 1. The molecule has 2 rings (SSSR count). The summed E-state index contributed by atoms with van der Waals surface area (Å²) in [5, 5.41) is 3.39. The molecule has 0 aliphatic heterocycles. The summed E-state index contributed by atoms with van der Waals surface area (Å²) in [5.41, 5.74) is 0.898. The highest BCUT2D eigenvalue weighted by molar-refractivity contribution is 5.76. The number of Topliss-reactive ketones (excluding diaryl/α,β-unsaturated/α-hetero) is 1. The molecule has 1 saturated carbocycles. The third-order valence-corrected chi connectivity index (χ3v) is 3.67. The van der Waals surface area contributed by atoms with Gasteiger partial charge in [0.05, 0.1) is 0 Å². The lowest BCUT2D eigenvalue weighted by molar-refractivity contribution is -0.117. The average molecular weight is 249 g/mol. The summed E-state index contributed by atoms with van der Waals surface area (Å²) in [6.45, 7) is 1.63. The molecular formula is C15H20FNO. The van der Waals surface area contributed by atoms with Gasteiger partial charge >= 0.3 is 0 Å². The van der Waals surface area contributed by atoms with Crippen molar-refractivity contribution in [1.82, 2.24) is 0 Å². The van der Waals surface area contributed by atoms with Crippen LogP contribution in [0.1, 0.15) is 39.0 Å². The first kappa shape index (κ1) is 13.1. The summed E-state index contributed by atoms with van der Waals surface area (Å²) >= 11 is 0. The zero-order valence-electron chi connectivity index (χ0n) is 10.8. The number of benzene rings is 1. The van der Waals surface area contributed by atoms with Crippen LogP contribution in [-0.4, -0.2) is 11.8 Å².